The molecule has 0 saturated heterocycles. The Hall–Kier alpha value is -2.48. The number of nitrogens with zero attached hydrogens (tertiary/aromatic N) is 5. The molecule has 2 aromatic heterocycles. The van der Waals surface area contributed by atoms with Gasteiger partial charge >= 0.3 is 5.69 Å². The van der Waals surface area contributed by atoms with Crippen molar-refractivity contribution in [3.8, 4) is 11.6 Å². The van der Waals surface area contributed by atoms with Gasteiger partial charge < -0.3 is 4.74 Å². The number of ether oxygens (including phenoxy) is 1. The summed E-state index contributed by atoms with van der Waals surface area (Å²) in [5.41, 5.74) is 3.14. The molecule has 124 valence electrons. The van der Waals surface area contributed by atoms with Crippen LogP contribution in [0.25, 0.3) is 5.69 Å². The van der Waals surface area contributed by atoms with Gasteiger partial charge in [-0.3, -0.25) is 0 Å². The van der Waals surface area contributed by atoms with Crippen molar-refractivity contribution in [2.45, 2.75) is 20.5 Å². The molecule has 0 aliphatic heterocycles. The van der Waals surface area contributed by atoms with Crippen LogP contribution in [0.15, 0.2) is 39.7 Å². The van der Waals surface area contributed by atoms with Crippen molar-refractivity contribution in [3.05, 3.63) is 62.1 Å². The lowest BCUT2D eigenvalue weighted by Gasteiger charge is -2.13. The predicted molar refractivity (Wildman–Crippen MR) is 92.3 cm³/mol. The van der Waals surface area contributed by atoms with Crippen LogP contribution in [-0.2, 0) is 13.7 Å². The first-order valence-electron chi connectivity index (χ1n) is 7.30. The minimum atomic E-state index is -0.306. The van der Waals surface area contributed by atoms with E-state index in [1.54, 1.807) is 13.2 Å². The number of pyridine rings is 1. The maximum atomic E-state index is 12.1. The van der Waals surface area contributed by atoms with Gasteiger partial charge in [0.15, 0.2) is 0 Å². The van der Waals surface area contributed by atoms with Crippen molar-refractivity contribution in [1.82, 2.24) is 24.8 Å². The monoisotopic (exact) mass is 389 g/mol. The quantitative estimate of drug-likeness (QED) is 0.684. The molecule has 3 rings (SSSR count). The van der Waals surface area contributed by atoms with Crippen LogP contribution in [0.5, 0.6) is 5.88 Å². The maximum Gasteiger partial charge on any atom is 0.368 e. The first kappa shape index (κ1) is 16.4. The molecule has 24 heavy (non-hydrogen) atoms. The summed E-state index contributed by atoms with van der Waals surface area (Å²) in [6, 6.07) is 7.60. The van der Waals surface area contributed by atoms with E-state index in [1.807, 2.05) is 38.1 Å². The summed E-state index contributed by atoms with van der Waals surface area (Å²) in [5, 5.41) is 7.68. The van der Waals surface area contributed by atoms with Gasteiger partial charge in [-0.2, -0.15) is 9.36 Å². The van der Waals surface area contributed by atoms with Crippen molar-refractivity contribution in [3.63, 3.8) is 0 Å². The zero-order valence-electron chi connectivity index (χ0n) is 13.5. The minimum Gasteiger partial charge on any atom is -0.473 e. The molecule has 8 heteroatoms. The molecule has 7 nitrogen and oxygen atoms in total. The van der Waals surface area contributed by atoms with E-state index in [-0.39, 0.29) is 12.3 Å². The predicted octanol–water partition coefficient (Wildman–Crippen LogP) is 2.32. The van der Waals surface area contributed by atoms with Crippen molar-refractivity contribution in [2.24, 2.45) is 7.05 Å². The van der Waals surface area contributed by atoms with Gasteiger partial charge in [0.05, 0.1) is 5.69 Å². The molecule has 0 spiro atoms. The highest BCUT2D eigenvalue weighted by Crippen LogP contribution is 2.22. The van der Waals surface area contributed by atoms with Gasteiger partial charge in [-0.05, 0) is 57.9 Å². The summed E-state index contributed by atoms with van der Waals surface area (Å²) in [6.45, 7) is 4.17. The summed E-state index contributed by atoms with van der Waals surface area (Å²) < 4.78 is 9.22. The molecular weight excluding hydrogens is 374 g/mol. The minimum absolute atomic E-state index is 0.278. The molecule has 0 N–H and O–H groups in total. The molecule has 0 aliphatic carbocycles. The average Bonchev–Trinajstić information content (AvgIpc) is 2.87. The van der Waals surface area contributed by atoms with Crippen LogP contribution in [0.4, 0.5) is 0 Å². The number of aromatic nitrogens is 5. The summed E-state index contributed by atoms with van der Waals surface area (Å²) in [6.07, 6.45) is 1.69. The Kier molecular flexibility index (Phi) is 4.48. The Morgan fingerprint density at radius 1 is 1.21 bits per heavy atom. The molecule has 0 saturated carbocycles. The Morgan fingerprint density at radius 3 is 2.67 bits per heavy atom. The Labute approximate surface area is 147 Å². The van der Waals surface area contributed by atoms with Crippen LogP contribution < -0.4 is 10.4 Å². The van der Waals surface area contributed by atoms with E-state index >= 15 is 0 Å². The van der Waals surface area contributed by atoms with Crippen molar-refractivity contribution >= 4 is 15.9 Å². The molecule has 0 bridgehead atoms. The van der Waals surface area contributed by atoms with Gasteiger partial charge in [-0.25, -0.2) is 9.78 Å². The highest BCUT2D eigenvalue weighted by molar-refractivity contribution is 9.10. The number of halogens is 1. The summed E-state index contributed by atoms with van der Waals surface area (Å²) >= 11 is 3.38. The molecule has 3 aromatic rings. The second-order valence-corrected chi connectivity index (χ2v) is 6.35. The van der Waals surface area contributed by atoms with E-state index in [1.165, 1.54) is 9.36 Å². The maximum absolute atomic E-state index is 12.1. The SMILES string of the molecule is Cc1cc(Br)cnc1OCc1c(C)cccc1-n1nnn(C)c1=O. The first-order chi connectivity index (χ1) is 11.5. The standard InChI is InChI=1S/C16H16BrN5O2/c1-10-5-4-6-14(22-16(23)21(3)19-20-22)13(10)9-24-15-11(2)7-12(17)8-18-15/h4-8H,9H2,1-3H3. The van der Waals surface area contributed by atoms with Crippen molar-refractivity contribution in [2.75, 3.05) is 0 Å². The van der Waals surface area contributed by atoms with E-state index in [2.05, 4.69) is 31.3 Å². The fourth-order valence-corrected chi connectivity index (χ4v) is 2.80. The Balaban J connectivity index is 1.96. The van der Waals surface area contributed by atoms with E-state index in [0.29, 0.717) is 11.6 Å². The van der Waals surface area contributed by atoms with Crippen LogP contribution >= 0.6 is 15.9 Å². The second-order valence-electron chi connectivity index (χ2n) is 5.43. The topological polar surface area (TPSA) is 74.8 Å². The second kappa shape index (κ2) is 6.56. The molecule has 0 radical (unpaired) electrons. The van der Waals surface area contributed by atoms with E-state index in [9.17, 15) is 4.79 Å². The number of rotatable bonds is 4. The lowest BCUT2D eigenvalue weighted by molar-refractivity contribution is 0.290. The number of hydrogen-bond donors (Lipinski definition) is 0. The third-order valence-corrected chi connectivity index (χ3v) is 4.12. The smallest absolute Gasteiger partial charge is 0.368 e. The molecule has 0 atom stereocenters. The number of tetrazole rings is 1. The molecule has 1 aromatic carbocycles. The normalized spacial score (nSPS) is 10.8. The Morgan fingerprint density at radius 2 is 2.00 bits per heavy atom. The first-order valence-corrected chi connectivity index (χ1v) is 8.09. The number of benzene rings is 1. The van der Waals surface area contributed by atoms with Gasteiger partial charge in [0.2, 0.25) is 5.88 Å². The largest absolute Gasteiger partial charge is 0.473 e. The van der Waals surface area contributed by atoms with Crippen LogP contribution in [-0.4, -0.2) is 24.8 Å². The van der Waals surface area contributed by atoms with E-state index in [0.717, 1.165) is 21.2 Å². The molecular formula is C16H16BrN5O2. The highest BCUT2D eigenvalue weighted by atomic mass is 79.9. The van der Waals surface area contributed by atoms with E-state index in [4.69, 9.17) is 4.74 Å². The lowest BCUT2D eigenvalue weighted by Crippen LogP contribution is -2.23. The molecule has 0 amide bonds. The van der Waals surface area contributed by atoms with Gasteiger partial charge in [0.1, 0.15) is 6.61 Å². The fourth-order valence-electron chi connectivity index (χ4n) is 2.36. The van der Waals surface area contributed by atoms with Gasteiger partial charge in [-0.1, -0.05) is 12.1 Å². The lowest BCUT2D eigenvalue weighted by atomic mass is 10.1. The molecule has 0 aliphatic rings. The van der Waals surface area contributed by atoms with Gasteiger partial charge in [-0.15, -0.1) is 0 Å². The van der Waals surface area contributed by atoms with Crippen molar-refractivity contribution in [1.29, 1.82) is 0 Å². The Bertz CT molecular complexity index is 948. The molecule has 0 unspecified atom stereocenters. The van der Waals surface area contributed by atoms with Crippen LogP contribution in [0.1, 0.15) is 16.7 Å². The van der Waals surface area contributed by atoms with Crippen LogP contribution in [0.2, 0.25) is 0 Å². The highest BCUT2D eigenvalue weighted by Gasteiger charge is 2.14. The van der Waals surface area contributed by atoms with Crippen molar-refractivity contribution < 1.29 is 4.74 Å². The fraction of sp³-hybridized carbons (Fsp3) is 0.250. The third-order valence-electron chi connectivity index (χ3n) is 3.69. The van der Waals surface area contributed by atoms with E-state index < -0.39 is 0 Å². The summed E-state index contributed by atoms with van der Waals surface area (Å²) in [4.78, 5) is 16.4. The number of hydrogen-bond acceptors (Lipinski definition) is 5. The molecule has 0 fully saturated rings. The average molecular weight is 390 g/mol. The van der Waals surface area contributed by atoms with Gasteiger partial charge in [0.25, 0.3) is 0 Å². The summed E-state index contributed by atoms with van der Waals surface area (Å²) in [5.74, 6) is 0.555. The van der Waals surface area contributed by atoms with Crippen LogP contribution in [0.3, 0.4) is 0 Å². The zero-order valence-corrected chi connectivity index (χ0v) is 15.1. The summed E-state index contributed by atoms with van der Waals surface area (Å²) in [7, 11) is 1.56. The molecule has 2 heterocycles. The van der Waals surface area contributed by atoms with Crippen LogP contribution in [0, 0.1) is 13.8 Å². The third kappa shape index (κ3) is 3.09. The number of aryl methyl sites for hydroxylation is 3. The zero-order chi connectivity index (χ0) is 17.3. The van der Waals surface area contributed by atoms with Gasteiger partial charge in [0, 0.05) is 28.8 Å².